The number of aliphatic imine (C=N–C) groups is 1. The second kappa shape index (κ2) is 11.2. The Balaban J connectivity index is 1.56. The molecule has 0 fully saturated rings. The Morgan fingerprint density at radius 2 is 1.07 bits per heavy atom. The molecule has 200 valence electrons. The Kier molecular flexibility index (Phi) is 6.79. The molecule has 0 aliphatic carbocycles. The third-order valence-corrected chi connectivity index (χ3v) is 7.74. The van der Waals surface area contributed by atoms with Crippen molar-refractivity contribution in [2.45, 2.75) is 6.92 Å². The highest BCUT2D eigenvalue weighted by Gasteiger charge is 2.26. The molecule has 0 amide bonds. The maximum absolute atomic E-state index is 5.39. The zero-order valence-corrected chi connectivity index (χ0v) is 23.5. The van der Waals surface area contributed by atoms with Crippen molar-refractivity contribution < 1.29 is 0 Å². The summed E-state index contributed by atoms with van der Waals surface area (Å²) in [5.41, 5.74) is 14.3. The van der Waals surface area contributed by atoms with Crippen LogP contribution in [0.15, 0.2) is 168 Å². The van der Waals surface area contributed by atoms with Gasteiger partial charge < -0.3 is 4.98 Å². The minimum atomic E-state index is 0.961. The summed E-state index contributed by atoms with van der Waals surface area (Å²) in [7, 11) is 0. The van der Waals surface area contributed by atoms with Gasteiger partial charge in [0.15, 0.2) is 0 Å². The SMILES string of the molecule is Cc1ccc(/C(=C2/N=C(c3ccccc3)C=C2c2ccccc2)c2[nH]c(-c3ccccc3)cc2-c2ccccc2)cc1. The summed E-state index contributed by atoms with van der Waals surface area (Å²) in [6.07, 6.45) is 2.23. The molecule has 5 aromatic carbocycles. The van der Waals surface area contributed by atoms with Gasteiger partial charge in [-0.3, -0.25) is 0 Å². The van der Waals surface area contributed by atoms with Crippen molar-refractivity contribution in [3.63, 3.8) is 0 Å². The van der Waals surface area contributed by atoms with E-state index in [2.05, 4.69) is 164 Å². The van der Waals surface area contributed by atoms with Gasteiger partial charge in [0.25, 0.3) is 0 Å². The fourth-order valence-electron chi connectivity index (χ4n) is 5.59. The molecular formula is C40H30N2. The molecule has 6 aromatic rings. The molecule has 1 N–H and O–H groups in total. The van der Waals surface area contributed by atoms with Crippen LogP contribution in [0.4, 0.5) is 0 Å². The molecule has 2 heterocycles. The van der Waals surface area contributed by atoms with Gasteiger partial charge in [0.1, 0.15) is 0 Å². The van der Waals surface area contributed by atoms with Gasteiger partial charge in [0.05, 0.1) is 17.1 Å². The molecule has 1 aliphatic heterocycles. The molecule has 0 saturated carbocycles. The second-order valence-corrected chi connectivity index (χ2v) is 10.6. The molecule has 2 heteroatoms. The van der Waals surface area contributed by atoms with Gasteiger partial charge in [-0.1, -0.05) is 151 Å². The molecule has 7 rings (SSSR count). The van der Waals surface area contributed by atoms with Gasteiger partial charge >= 0.3 is 0 Å². The number of hydrogen-bond acceptors (Lipinski definition) is 1. The lowest BCUT2D eigenvalue weighted by molar-refractivity contribution is 1.31. The molecule has 0 unspecified atom stereocenters. The normalized spacial score (nSPS) is 13.9. The average molecular weight is 539 g/mol. The maximum atomic E-state index is 5.39. The van der Waals surface area contributed by atoms with E-state index in [9.17, 15) is 0 Å². The molecule has 0 spiro atoms. The molecule has 0 radical (unpaired) electrons. The smallest absolute Gasteiger partial charge is 0.0815 e. The van der Waals surface area contributed by atoms with E-state index in [1.165, 1.54) is 5.56 Å². The Labute approximate surface area is 247 Å². The highest BCUT2D eigenvalue weighted by molar-refractivity contribution is 6.20. The lowest BCUT2D eigenvalue weighted by atomic mass is 9.91. The number of benzene rings is 5. The summed E-state index contributed by atoms with van der Waals surface area (Å²) < 4.78 is 0. The van der Waals surface area contributed by atoms with Crippen LogP contribution in [-0.2, 0) is 0 Å². The summed E-state index contributed by atoms with van der Waals surface area (Å²) in [5.74, 6) is 0. The molecule has 1 aliphatic rings. The van der Waals surface area contributed by atoms with E-state index in [-0.39, 0.29) is 0 Å². The van der Waals surface area contributed by atoms with Crippen LogP contribution in [0, 0.1) is 6.92 Å². The number of aryl methyl sites for hydroxylation is 1. The zero-order chi connectivity index (χ0) is 28.3. The Morgan fingerprint density at radius 1 is 0.548 bits per heavy atom. The fourth-order valence-corrected chi connectivity index (χ4v) is 5.59. The standard InChI is InChI=1S/C40H30N2/c1-28-22-24-33(25-23-28)38(39-34(29-14-6-2-7-15-29)26-36(41-39)31-18-10-4-11-19-31)40-35(30-16-8-3-9-17-30)27-37(42-40)32-20-12-5-13-21-32/h2-27,41H,1H3/b40-38-. The van der Waals surface area contributed by atoms with Crippen molar-refractivity contribution in [1.29, 1.82) is 0 Å². The first-order valence-electron chi connectivity index (χ1n) is 14.3. The predicted molar refractivity (Wildman–Crippen MR) is 176 cm³/mol. The zero-order valence-electron chi connectivity index (χ0n) is 23.5. The third kappa shape index (κ3) is 4.95. The van der Waals surface area contributed by atoms with E-state index in [0.29, 0.717) is 0 Å². The number of H-pyrrole nitrogens is 1. The Bertz CT molecular complexity index is 1930. The van der Waals surface area contributed by atoms with Crippen LogP contribution in [0.1, 0.15) is 27.9 Å². The van der Waals surface area contributed by atoms with E-state index in [1.807, 2.05) is 6.07 Å². The van der Waals surface area contributed by atoms with Crippen molar-refractivity contribution in [3.8, 4) is 22.4 Å². The maximum Gasteiger partial charge on any atom is 0.0815 e. The molecule has 1 aromatic heterocycles. The summed E-state index contributed by atoms with van der Waals surface area (Å²) in [4.78, 5) is 9.25. The molecule has 42 heavy (non-hydrogen) atoms. The minimum absolute atomic E-state index is 0.961. The van der Waals surface area contributed by atoms with Gasteiger partial charge in [-0.05, 0) is 41.3 Å². The largest absolute Gasteiger partial charge is 0.354 e. The van der Waals surface area contributed by atoms with Crippen LogP contribution >= 0.6 is 0 Å². The van der Waals surface area contributed by atoms with Gasteiger partial charge in [0.2, 0.25) is 0 Å². The summed E-state index contributed by atoms with van der Waals surface area (Å²) in [5, 5.41) is 0. The number of allylic oxidation sites excluding steroid dienone is 2. The van der Waals surface area contributed by atoms with Crippen LogP contribution in [-0.4, -0.2) is 10.7 Å². The molecule has 0 saturated heterocycles. The molecule has 2 nitrogen and oxygen atoms in total. The third-order valence-electron chi connectivity index (χ3n) is 7.74. The van der Waals surface area contributed by atoms with Gasteiger partial charge in [-0.15, -0.1) is 0 Å². The van der Waals surface area contributed by atoms with Crippen LogP contribution in [0.5, 0.6) is 0 Å². The Hall–Kier alpha value is -5.47. The van der Waals surface area contributed by atoms with Crippen molar-refractivity contribution in [2.75, 3.05) is 0 Å². The monoisotopic (exact) mass is 538 g/mol. The van der Waals surface area contributed by atoms with Crippen molar-refractivity contribution in [1.82, 2.24) is 4.98 Å². The lowest BCUT2D eigenvalue weighted by Crippen LogP contribution is -1.98. The number of nitrogens with zero attached hydrogens (tertiary/aromatic N) is 1. The summed E-state index contributed by atoms with van der Waals surface area (Å²) in [6, 6.07) is 53.3. The van der Waals surface area contributed by atoms with Crippen LogP contribution < -0.4 is 0 Å². The first-order chi connectivity index (χ1) is 20.7. The first-order valence-corrected chi connectivity index (χ1v) is 14.3. The summed E-state index contributed by atoms with van der Waals surface area (Å²) >= 11 is 0. The van der Waals surface area contributed by atoms with Crippen molar-refractivity contribution in [2.24, 2.45) is 4.99 Å². The highest BCUT2D eigenvalue weighted by Crippen LogP contribution is 2.43. The van der Waals surface area contributed by atoms with E-state index in [4.69, 9.17) is 4.99 Å². The number of aromatic amines is 1. The van der Waals surface area contributed by atoms with Crippen LogP contribution in [0.2, 0.25) is 0 Å². The van der Waals surface area contributed by atoms with E-state index >= 15 is 0 Å². The number of hydrogen-bond donors (Lipinski definition) is 1. The van der Waals surface area contributed by atoms with Gasteiger partial charge in [-0.2, -0.15) is 0 Å². The van der Waals surface area contributed by atoms with Crippen molar-refractivity contribution >= 4 is 16.9 Å². The topological polar surface area (TPSA) is 28.1 Å². The number of rotatable bonds is 6. The molecule has 0 bridgehead atoms. The van der Waals surface area contributed by atoms with Crippen LogP contribution in [0.3, 0.4) is 0 Å². The fraction of sp³-hybridized carbons (Fsp3) is 0.0250. The van der Waals surface area contributed by atoms with E-state index < -0.39 is 0 Å². The van der Waals surface area contributed by atoms with E-state index in [1.54, 1.807) is 0 Å². The quantitative estimate of drug-likeness (QED) is 0.219. The number of nitrogens with one attached hydrogen (secondary N) is 1. The van der Waals surface area contributed by atoms with E-state index in [0.717, 1.165) is 67.3 Å². The lowest BCUT2D eigenvalue weighted by Gasteiger charge is -2.15. The van der Waals surface area contributed by atoms with Crippen LogP contribution in [0.25, 0.3) is 33.5 Å². The highest BCUT2D eigenvalue weighted by atomic mass is 14.8. The average Bonchev–Trinajstić information content (AvgIpc) is 3.70. The first kappa shape index (κ1) is 25.5. The summed E-state index contributed by atoms with van der Waals surface area (Å²) in [6.45, 7) is 2.13. The molecular weight excluding hydrogens is 508 g/mol. The van der Waals surface area contributed by atoms with Gasteiger partial charge in [0, 0.05) is 28.0 Å². The number of aromatic nitrogens is 1. The molecule has 0 atom stereocenters. The van der Waals surface area contributed by atoms with Gasteiger partial charge in [-0.25, -0.2) is 4.99 Å². The Morgan fingerprint density at radius 3 is 1.67 bits per heavy atom. The van der Waals surface area contributed by atoms with Crippen molar-refractivity contribution in [3.05, 3.63) is 191 Å². The predicted octanol–water partition coefficient (Wildman–Crippen LogP) is 10.0. The second-order valence-electron chi connectivity index (χ2n) is 10.6. The minimum Gasteiger partial charge on any atom is -0.354 e.